The van der Waals surface area contributed by atoms with Gasteiger partial charge >= 0.3 is 12.2 Å². The summed E-state index contributed by atoms with van der Waals surface area (Å²) in [5.41, 5.74) is 0.358. The third kappa shape index (κ3) is 5.66. The Kier molecular flexibility index (Phi) is 6.46. The molecule has 3 N–H and O–H groups in total. The Morgan fingerprint density at radius 3 is 2.23 bits per heavy atom. The Bertz CT molecular complexity index is 716. The smallest absolute Gasteiger partial charge is 0.416 e. The van der Waals surface area contributed by atoms with Crippen LogP contribution in [0.5, 0.6) is 5.75 Å². The summed E-state index contributed by atoms with van der Waals surface area (Å²) in [5, 5.41) is 15.1. The lowest BCUT2D eigenvalue weighted by Crippen LogP contribution is -2.37. The van der Waals surface area contributed by atoms with E-state index >= 15 is 0 Å². The van der Waals surface area contributed by atoms with Gasteiger partial charge in [0.2, 0.25) is 0 Å². The van der Waals surface area contributed by atoms with E-state index in [1.54, 1.807) is 31.4 Å². The largest absolute Gasteiger partial charge is 0.497 e. The number of carbonyl (C=O) groups is 1. The van der Waals surface area contributed by atoms with Gasteiger partial charge in [0.15, 0.2) is 0 Å². The number of amides is 2. The molecule has 0 spiro atoms. The number of carbonyl (C=O) groups excluding carboxylic acids is 1. The van der Waals surface area contributed by atoms with Crippen molar-refractivity contribution in [3.8, 4) is 5.75 Å². The SMILES string of the molecule is COc1ccc(CNC(=O)NCC(O)c2ccc(C(F)(F)F)cc2)cc1. The van der Waals surface area contributed by atoms with Crippen molar-refractivity contribution in [1.29, 1.82) is 0 Å². The summed E-state index contributed by atoms with van der Waals surface area (Å²) in [4.78, 5) is 11.8. The normalized spacial score (nSPS) is 12.3. The molecule has 2 amide bonds. The van der Waals surface area contributed by atoms with E-state index in [2.05, 4.69) is 10.6 Å². The molecule has 140 valence electrons. The first-order chi connectivity index (χ1) is 12.3. The fraction of sp³-hybridized carbons (Fsp3) is 0.278. The molecule has 0 aromatic heterocycles. The van der Waals surface area contributed by atoms with Crippen LogP contribution in [-0.2, 0) is 12.7 Å². The molecule has 1 atom stereocenters. The number of aliphatic hydroxyl groups is 1. The standard InChI is InChI=1S/C18H19F3N2O3/c1-26-15-8-2-12(3-9-15)10-22-17(25)23-11-16(24)13-4-6-14(7-5-13)18(19,20)21/h2-9,16,24H,10-11H2,1H3,(H2,22,23,25). The number of alkyl halides is 3. The van der Waals surface area contributed by atoms with Crippen molar-refractivity contribution in [3.63, 3.8) is 0 Å². The fourth-order valence-electron chi connectivity index (χ4n) is 2.19. The monoisotopic (exact) mass is 368 g/mol. The van der Waals surface area contributed by atoms with Gasteiger partial charge in [-0.05, 0) is 35.4 Å². The second-order valence-electron chi connectivity index (χ2n) is 5.55. The molecule has 0 saturated heterocycles. The molecule has 0 fully saturated rings. The van der Waals surface area contributed by atoms with Gasteiger partial charge in [-0.3, -0.25) is 0 Å². The molecule has 26 heavy (non-hydrogen) atoms. The van der Waals surface area contributed by atoms with Crippen LogP contribution in [0.25, 0.3) is 0 Å². The van der Waals surface area contributed by atoms with E-state index in [1.807, 2.05) is 0 Å². The number of rotatable bonds is 6. The lowest BCUT2D eigenvalue weighted by molar-refractivity contribution is -0.137. The van der Waals surface area contributed by atoms with E-state index in [0.29, 0.717) is 5.75 Å². The van der Waals surface area contributed by atoms with E-state index < -0.39 is 23.9 Å². The lowest BCUT2D eigenvalue weighted by Gasteiger charge is -2.14. The third-order valence-corrected chi connectivity index (χ3v) is 3.69. The van der Waals surface area contributed by atoms with Crippen LogP contribution in [0.2, 0.25) is 0 Å². The minimum atomic E-state index is -4.43. The molecule has 1 unspecified atom stereocenters. The van der Waals surface area contributed by atoms with Crippen LogP contribution in [-0.4, -0.2) is 24.8 Å². The Morgan fingerprint density at radius 2 is 1.69 bits per heavy atom. The number of methoxy groups -OCH3 is 1. The fourth-order valence-corrected chi connectivity index (χ4v) is 2.19. The number of halogens is 3. The molecule has 0 aliphatic heterocycles. The highest BCUT2D eigenvalue weighted by atomic mass is 19.4. The molecular weight excluding hydrogens is 349 g/mol. The molecule has 0 bridgehead atoms. The number of nitrogens with one attached hydrogen (secondary N) is 2. The lowest BCUT2D eigenvalue weighted by atomic mass is 10.1. The van der Waals surface area contributed by atoms with Gasteiger partial charge in [0, 0.05) is 13.1 Å². The van der Waals surface area contributed by atoms with Gasteiger partial charge in [-0.15, -0.1) is 0 Å². The van der Waals surface area contributed by atoms with Crippen LogP contribution in [0, 0.1) is 0 Å². The Morgan fingerprint density at radius 1 is 1.08 bits per heavy atom. The van der Waals surface area contributed by atoms with E-state index in [1.165, 1.54) is 12.1 Å². The summed E-state index contributed by atoms with van der Waals surface area (Å²) in [5.74, 6) is 0.706. The van der Waals surface area contributed by atoms with Gasteiger partial charge < -0.3 is 20.5 Å². The zero-order chi connectivity index (χ0) is 19.2. The highest BCUT2D eigenvalue weighted by Crippen LogP contribution is 2.29. The molecule has 0 heterocycles. The number of hydrogen-bond acceptors (Lipinski definition) is 3. The van der Waals surface area contributed by atoms with E-state index in [9.17, 15) is 23.1 Å². The second kappa shape index (κ2) is 8.57. The van der Waals surface area contributed by atoms with Crippen molar-refractivity contribution in [2.75, 3.05) is 13.7 Å². The maximum Gasteiger partial charge on any atom is 0.416 e. The zero-order valence-corrected chi connectivity index (χ0v) is 14.0. The van der Waals surface area contributed by atoms with Crippen molar-refractivity contribution in [2.45, 2.75) is 18.8 Å². The average Bonchev–Trinajstić information content (AvgIpc) is 2.64. The van der Waals surface area contributed by atoms with Gasteiger partial charge in [0.05, 0.1) is 18.8 Å². The Balaban J connectivity index is 1.78. The predicted molar refractivity (Wildman–Crippen MR) is 89.6 cm³/mol. The van der Waals surface area contributed by atoms with Crippen LogP contribution in [0.1, 0.15) is 22.8 Å². The first kappa shape index (κ1) is 19.6. The summed E-state index contributed by atoms with van der Waals surface area (Å²) >= 11 is 0. The second-order valence-corrected chi connectivity index (χ2v) is 5.55. The van der Waals surface area contributed by atoms with E-state index in [0.717, 1.165) is 17.7 Å². The molecule has 0 aliphatic carbocycles. The molecule has 2 aromatic rings. The number of ether oxygens (including phenoxy) is 1. The first-order valence-electron chi connectivity index (χ1n) is 7.79. The molecule has 0 saturated carbocycles. The van der Waals surface area contributed by atoms with Gasteiger partial charge in [0.25, 0.3) is 0 Å². The summed E-state index contributed by atoms with van der Waals surface area (Å²) in [6.07, 6.45) is -5.53. The average molecular weight is 368 g/mol. The van der Waals surface area contributed by atoms with Gasteiger partial charge in [-0.2, -0.15) is 13.2 Å². The van der Waals surface area contributed by atoms with Gasteiger partial charge in [-0.25, -0.2) is 4.79 Å². The maximum absolute atomic E-state index is 12.5. The summed E-state index contributed by atoms with van der Waals surface area (Å²) < 4.78 is 42.6. The predicted octanol–water partition coefficient (Wildman–Crippen LogP) is 3.25. The minimum absolute atomic E-state index is 0.125. The van der Waals surface area contributed by atoms with Crippen molar-refractivity contribution in [3.05, 3.63) is 65.2 Å². The van der Waals surface area contributed by atoms with Crippen LogP contribution in [0.4, 0.5) is 18.0 Å². The molecule has 5 nitrogen and oxygen atoms in total. The molecule has 0 radical (unpaired) electrons. The zero-order valence-electron chi connectivity index (χ0n) is 14.0. The maximum atomic E-state index is 12.5. The van der Waals surface area contributed by atoms with Crippen LogP contribution in [0.3, 0.4) is 0 Å². The molecule has 2 aromatic carbocycles. The van der Waals surface area contributed by atoms with Gasteiger partial charge in [0.1, 0.15) is 5.75 Å². The highest BCUT2D eigenvalue weighted by molar-refractivity contribution is 5.73. The topological polar surface area (TPSA) is 70.6 Å². The quantitative estimate of drug-likeness (QED) is 0.733. The Labute approximate surface area is 148 Å². The number of hydrogen-bond donors (Lipinski definition) is 3. The van der Waals surface area contributed by atoms with Crippen LogP contribution >= 0.6 is 0 Å². The van der Waals surface area contributed by atoms with Crippen molar-refractivity contribution in [1.82, 2.24) is 10.6 Å². The van der Waals surface area contributed by atoms with Crippen LogP contribution in [0.15, 0.2) is 48.5 Å². The number of urea groups is 1. The minimum Gasteiger partial charge on any atom is -0.497 e. The summed E-state index contributed by atoms with van der Waals surface area (Å²) in [6.45, 7) is 0.159. The molecule has 0 aliphatic rings. The van der Waals surface area contributed by atoms with Crippen molar-refractivity contribution >= 4 is 6.03 Å². The number of benzene rings is 2. The van der Waals surface area contributed by atoms with E-state index in [4.69, 9.17) is 4.74 Å². The summed E-state index contributed by atoms with van der Waals surface area (Å²) in [6, 6.07) is 10.8. The third-order valence-electron chi connectivity index (χ3n) is 3.69. The first-order valence-corrected chi connectivity index (χ1v) is 7.79. The highest BCUT2D eigenvalue weighted by Gasteiger charge is 2.30. The summed E-state index contributed by atoms with van der Waals surface area (Å²) in [7, 11) is 1.56. The Hall–Kier alpha value is -2.74. The molecule has 2 rings (SSSR count). The van der Waals surface area contributed by atoms with Crippen molar-refractivity contribution < 1.29 is 27.8 Å². The molecular formula is C18H19F3N2O3. The van der Waals surface area contributed by atoms with Crippen LogP contribution < -0.4 is 15.4 Å². The van der Waals surface area contributed by atoms with E-state index in [-0.39, 0.29) is 18.7 Å². The van der Waals surface area contributed by atoms with Crippen molar-refractivity contribution in [2.24, 2.45) is 0 Å². The number of aliphatic hydroxyl groups excluding tert-OH is 1. The van der Waals surface area contributed by atoms with Gasteiger partial charge in [-0.1, -0.05) is 24.3 Å². The molecule has 8 heteroatoms.